The summed E-state index contributed by atoms with van der Waals surface area (Å²) in [4.78, 5) is 10.9. The lowest BCUT2D eigenvalue weighted by Crippen LogP contribution is -1.99. The molecule has 0 saturated heterocycles. The highest BCUT2D eigenvalue weighted by atomic mass is 16.4. The van der Waals surface area contributed by atoms with Crippen LogP contribution in [0.4, 0.5) is 0 Å². The molecular weight excluding hydrogens is 216 g/mol. The van der Waals surface area contributed by atoms with Crippen LogP contribution in [-0.2, 0) is 7.05 Å². The van der Waals surface area contributed by atoms with E-state index in [0.29, 0.717) is 0 Å². The molecule has 4 nitrogen and oxygen atoms in total. The molecule has 0 atom stereocenters. The largest absolute Gasteiger partial charge is 0.476 e. The number of benzene rings is 1. The Kier molecular flexibility index (Phi) is 2.71. The minimum Gasteiger partial charge on any atom is -0.476 e. The van der Waals surface area contributed by atoms with E-state index in [4.69, 9.17) is 5.11 Å². The summed E-state index contributed by atoms with van der Waals surface area (Å²) >= 11 is 0. The molecule has 0 amide bonds. The van der Waals surface area contributed by atoms with E-state index in [1.807, 2.05) is 26.0 Å². The summed E-state index contributed by atoms with van der Waals surface area (Å²) in [6.45, 7) is 4.04. The summed E-state index contributed by atoms with van der Waals surface area (Å²) in [7, 11) is 1.75. The number of nitrogens with zero attached hydrogens (tertiary/aromatic N) is 2. The van der Waals surface area contributed by atoms with Gasteiger partial charge >= 0.3 is 5.97 Å². The lowest BCUT2D eigenvalue weighted by Gasteiger charge is -2.04. The smallest absolute Gasteiger partial charge is 0.356 e. The molecule has 1 heterocycles. The molecule has 0 spiro atoms. The lowest BCUT2D eigenvalue weighted by atomic mass is 10.0. The van der Waals surface area contributed by atoms with Gasteiger partial charge in [-0.05, 0) is 32.0 Å². The zero-order chi connectivity index (χ0) is 12.6. The molecular formula is C13H14N2O2. The quantitative estimate of drug-likeness (QED) is 0.861. The van der Waals surface area contributed by atoms with Crippen molar-refractivity contribution >= 4 is 5.97 Å². The van der Waals surface area contributed by atoms with Gasteiger partial charge in [0.2, 0.25) is 0 Å². The van der Waals surface area contributed by atoms with E-state index in [0.717, 1.165) is 22.4 Å². The zero-order valence-electron chi connectivity index (χ0n) is 10.1. The van der Waals surface area contributed by atoms with Crippen LogP contribution in [0.25, 0.3) is 11.3 Å². The first-order valence-electron chi connectivity index (χ1n) is 5.33. The summed E-state index contributed by atoms with van der Waals surface area (Å²) in [5.41, 5.74) is 4.18. The van der Waals surface area contributed by atoms with Crippen molar-refractivity contribution in [3.8, 4) is 11.3 Å². The Morgan fingerprint density at radius 3 is 2.24 bits per heavy atom. The number of hydrogen-bond acceptors (Lipinski definition) is 2. The van der Waals surface area contributed by atoms with Crippen LogP contribution in [-0.4, -0.2) is 20.9 Å². The van der Waals surface area contributed by atoms with E-state index in [9.17, 15) is 4.79 Å². The highest BCUT2D eigenvalue weighted by molar-refractivity contribution is 5.87. The third-order valence-electron chi connectivity index (χ3n) is 2.62. The highest BCUT2D eigenvalue weighted by Crippen LogP contribution is 2.22. The molecule has 0 unspecified atom stereocenters. The van der Waals surface area contributed by atoms with Gasteiger partial charge in [-0.3, -0.25) is 4.68 Å². The molecule has 1 aromatic heterocycles. The summed E-state index contributed by atoms with van der Waals surface area (Å²) in [6.07, 6.45) is 0. The van der Waals surface area contributed by atoms with Gasteiger partial charge in [-0.2, -0.15) is 5.10 Å². The number of hydrogen-bond donors (Lipinski definition) is 1. The molecule has 0 saturated carbocycles. The number of aromatic nitrogens is 2. The number of rotatable bonds is 2. The molecule has 0 aliphatic rings. The van der Waals surface area contributed by atoms with Crippen molar-refractivity contribution in [3.05, 3.63) is 41.1 Å². The first kappa shape index (κ1) is 11.4. The molecule has 2 rings (SSSR count). The van der Waals surface area contributed by atoms with Crippen molar-refractivity contribution in [3.63, 3.8) is 0 Å². The standard InChI is InChI=1S/C13H14N2O2/c1-8-4-9(2)6-10(5-8)12-7-11(13(16)17)14-15(12)3/h4-7H,1-3H3,(H,16,17). The van der Waals surface area contributed by atoms with Crippen LogP contribution in [0.15, 0.2) is 24.3 Å². The lowest BCUT2D eigenvalue weighted by molar-refractivity contribution is 0.0689. The van der Waals surface area contributed by atoms with Gasteiger partial charge in [-0.25, -0.2) is 4.79 Å². The second-order valence-corrected chi connectivity index (χ2v) is 4.22. The van der Waals surface area contributed by atoms with Gasteiger partial charge < -0.3 is 5.11 Å². The van der Waals surface area contributed by atoms with Gasteiger partial charge in [0.05, 0.1) is 5.69 Å². The zero-order valence-corrected chi connectivity index (χ0v) is 10.1. The van der Waals surface area contributed by atoms with Crippen LogP contribution in [0.5, 0.6) is 0 Å². The van der Waals surface area contributed by atoms with Crippen molar-refractivity contribution in [1.29, 1.82) is 0 Å². The Bertz CT molecular complexity index is 565. The molecule has 17 heavy (non-hydrogen) atoms. The topological polar surface area (TPSA) is 55.1 Å². The summed E-state index contributed by atoms with van der Waals surface area (Å²) < 4.78 is 1.59. The van der Waals surface area contributed by atoms with Crippen LogP contribution < -0.4 is 0 Å². The Hall–Kier alpha value is -2.10. The number of aromatic carboxylic acids is 1. The Balaban J connectivity index is 2.56. The van der Waals surface area contributed by atoms with Crippen molar-refractivity contribution in [1.82, 2.24) is 9.78 Å². The van der Waals surface area contributed by atoms with Gasteiger partial charge in [0.1, 0.15) is 0 Å². The third kappa shape index (κ3) is 2.20. The minimum atomic E-state index is -1.00. The monoisotopic (exact) mass is 230 g/mol. The first-order chi connectivity index (χ1) is 7.97. The van der Waals surface area contributed by atoms with Gasteiger partial charge in [0.15, 0.2) is 5.69 Å². The fourth-order valence-corrected chi connectivity index (χ4v) is 1.96. The van der Waals surface area contributed by atoms with Crippen LogP contribution in [0.2, 0.25) is 0 Å². The Morgan fingerprint density at radius 1 is 1.18 bits per heavy atom. The average Bonchev–Trinajstić information content (AvgIpc) is 2.59. The molecule has 0 aliphatic carbocycles. The maximum absolute atomic E-state index is 10.9. The molecule has 1 N–H and O–H groups in total. The van der Waals surface area contributed by atoms with E-state index in [2.05, 4.69) is 11.2 Å². The maximum Gasteiger partial charge on any atom is 0.356 e. The fraction of sp³-hybridized carbons (Fsp3) is 0.231. The molecule has 4 heteroatoms. The summed E-state index contributed by atoms with van der Waals surface area (Å²) in [5, 5.41) is 12.9. The summed E-state index contributed by atoms with van der Waals surface area (Å²) in [6, 6.07) is 7.72. The van der Waals surface area contributed by atoms with E-state index in [1.54, 1.807) is 17.8 Å². The number of carbonyl (C=O) groups is 1. The molecule has 1 aromatic carbocycles. The van der Waals surface area contributed by atoms with Gasteiger partial charge in [0, 0.05) is 12.6 Å². The molecule has 88 valence electrons. The number of aryl methyl sites for hydroxylation is 3. The second kappa shape index (κ2) is 4.05. The van der Waals surface area contributed by atoms with Crippen LogP contribution >= 0.6 is 0 Å². The van der Waals surface area contributed by atoms with Gasteiger partial charge in [0.25, 0.3) is 0 Å². The molecule has 2 aromatic rings. The predicted octanol–water partition coefficient (Wildman–Crippen LogP) is 2.40. The molecule has 0 radical (unpaired) electrons. The molecule has 0 bridgehead atoms. The molecule has 0 fully saturated rings. The van der Waals surface area contributed by atoms with Crippen molar-refractivity contribution in [2.45, 2.75) is 13.8 Å². The van der Waals surface area contributed by atoms with Crippen LogP contribution in [0.1, 0.15) is 21.6 Å². The van der Waals surface area contributed by atoms with E-state index in [1.165, 1.54) is 0 Å². The highest BCUT2D eigenvalue weighted by Gasteiger charge is 2.12. The maximum atomic E-state index is 10.9. The summed E-state index contributed by atoms with van der Waals surface area (Å²) in [5.74, 6) is -1.00. The van der Waals surface area contributed by atoms with E-state index >= 15 is 0 Å². The van der Waals surface area contributed by atoms with Crippen LogP contribution in [0, 0.1) is 13.8 Å². The van der Waals surface area contributed by atoms with Gasteiger partial charge in [-0.15, -0.1) is 0 Å². The number of carboxylic acids is 1. The minimum absolute atomic E-state index is 0.0710. The van der Waals surface area contributed by atoms with E-state index in [-0.39, 0.29) is 5.69 Å². The van der Waals surface area contributed by atoms with Crippen molar-refractivity contribution < 1.29 is 9.90 Å². The SMILES string of the molecule is Cc1cc(C)cc(-c2cc(C(=O)O)nn2C)c1. The second-order valence-electron chi connectivity index (χ2n) is 4.22. The average molecular weight is 230 g/mol. The van der Waals surface area contributed by atoms with Gasteiger partial charge in [-0.1, -0.05) is 17.2 Å². The van der Waals surface area contributed by atoms with Crippen molar-refractivity contribution in [2.75, 3.05) is 0 Å². The Morgan fingerprint density at radius 2 is 1.76 bits per heavy atom. The fourth-order valence-electron chi connectivity index (χ4n) is 1.96. The third-order valence-corrected chi connectivity index (χ3v) is 2.62. The van der Waals surface area contributed by atoms with E-state index < -0.39 is 5.97 Å². The number of carboxylic acid groups (broad SMARTS) is 1. The Labute approximate surface area is 99.5 Å². The normalized spacial score (nSPS) is 10.5. The van der Waals surface area contributed by atoms with Crippen LogP contribution in [0.3, 0.4) is 0 Å². The molecule has 0 aliphatic heterocycles. The first-order valence-corrected chi connectivity index (χ1v) is 5.33. The predicted molar refractivity (Wildman–Crippen MR) is 65.1 cm³/mol. The van der Waals surface area contributed by atoms with Crippen molar-refractivity contribution in [2.24, 2.45) is 7.05 Å².